The van der Waals surface area contributed by atoms with E-state index < -0.39 is 5.97 Å². The molecular weight excluding hydrogens is 408 g/mol. The number of methoxy groups -OCH3 is 2. The van der Waals surface area contributed by atoms with Gasteiger partial charge < -0.3 is 14.4 Å². The number of imide groups is 1. The third kappa shape index (κ3) is 4.16. The van der Waals surface area contributed by atoms with Gasteiger partial charge >= 0.3 is 5.97 Å². The number of para-hydroxylation sites is 1. The van der Waals surface area contributed by atoms with Crippen LogP contribution in [0.3, 0.4) is 0 Å². The number of anilines is 1. The second kappa shape index (κ2) is 9.00. The Morgan fingerprint density at radius 2 is 1.87 bits per heavy atom. The molecule has 0 bridgehead atoms. The highest BCUT2D eigenvalue weighted by atomic mass is 32.2. The predicted octanol–water partition coefficient (Wildman–Crippen LogP) is 2.95. The van der Waals surface area contributed by atoms with Gasteiger partial charge in [0, 0.05) is 12.6 Å². The summed E-state index contributed by atoms with van der Waals surface area (Å²) in [6.07, 6.45) is 0. The Hall–Kier alpha value is -3.33. The molecule has 30 heavy (non-hydrogen) atoms. The second-order valence-corrected chi connectivity index (χ2v) is 7.37. The zero-order valence-corrected chi connectivity index (χ0v) is 17.5. The summed E-state index contributed by atoms with van der Waals surface area (Å²) in [5, 5.41) is -0.300. The summed E-state index contributed by atoms with van der Waals surface area (Å²) in [5.41, 5.74) is 1.45. The van der Waals surface area contributed by atoms with Gasteiger partial charge in [0.15, 0.2) is 0 Å². The standard InChI is InChI=1S/C21H20N2O6S/c1-22(18-15(20(26)29-3)8-5-9-16(18)28-2)19(25)14-7-4-6-13(10-14)11-23-17(24)12-30-21(23)27/h4-10H,11-12H2,1-3H3. The number of benzene rings is 2. The average Bonchev–Trinajstić information content (AvgIpc) is 3.09. The van der Waals surface area contributed by atoms with E-state index in [0.29, 0.717) is 16.9 Å². The molecule has 1 aliphatic rings. The van der Waals surface area contributed by atoms with Crippen LogP contribution in [-0.4, -0.2) is 54.9 Å². The van der Waals surface area contributed by atoms with Crippen LogP contribution in [0, 0.1) is 0 Å². The molecule has 1 saturated heterocycles. The van der Waals surface area contributed by atoms with E-state index in [2.05, 4.69) is 0 Å². The number of esters is 1. The summed E-state index contributed by atoms with van der Waals surface area (Å²) in [7, 11) is 4.24. The van der Waals surface area contributed by atoms with E-state index in [4.69, 9.17) is 9.47 Å². The molecule has 0 atom stereocenters. The summed E-state index contributed by atoms with van der Waals surface area (Å²) in [6, 6.07) is 11.5. The molecule has 0 spiro atoms. The van der Waals surface area contributed by atoms with Crippen LogP contribution in [0.4, 0.5) is 10.5 Å². The fraction of sp³-hybridized carbons (Fsp3) is 0.238. The molecule has 1 heterocycles. The van der Waals surface area contributed by atoms with Crippen LogP contribution in [0.1, 0.15) is 26.3 Å². The number of ether oxygens (including phenoxy) is 2. The Morgan fingerprint density at radius 3 is 2.50 bits per heavy atom. The van der Waals surface area contributed by atoms with Crippen molar-refractivity contribution in [2.75, 3.05) is 31.9 Å². The quantitative estimate of drug-likeness (QED) is 0.653. The van der Waals surface area contributed by atoms with Gasteiger partial charge in [0.25, 0.3) is 11.1 Å². The van der Waals surface area contributed by atoms with E-state index in [-0.39, 0.29) is 40.6 Å². The zero-order valence-electron chi connectivity index (χ0n) is 16.7. The van der Waals surface area contributed by atoms with Crippen molar-refractivity contribution < 1.29 is 28.7 Å². The van der Waals surface area contributed by atoms with Crippen molar-refractivity contribution in [1.29, 1.82) is 0 Å². The predicted molar refractivity (Wildman–Crippen MR) is 112 cm³/mol. The molecule has 1 fully saturated rings. The van der Waals surface area contributed by atoms with Gasteiger partial charge in [-0.2, -0.15) is 0 Å². The van der Waals surface area contributed by atoms with Gasteiger partial charge in [-0.25, -0.2) is 4.79 Å². The maximum absolute atomic E-state index is 13.2. The first-order chi connectivity index (χ1) is 14.4. The lowest BCUT2D eigenvalue weighted by Gasteiger charge is -2.23. The van der Waals surface area contributed by atoms with Crippen LogP contribution < -0.4 is 9.64 Å². The van der Waals surface area contributed by atoms with Crippen molar-refractivity contribution >= 4 is 40.5 Å². The monoisotopic (exact) mass is 428 g/mol. The molecule has 156 valence electrons. The van der Waals surface area contributed by atoms with Gasteiger partial charge in [-0.1, -0.05) is 30.0 Å². The minimum Gasteiger partial charge on any atom is -0.495 e. The third-order valence-corrected chi connectivity index (χ3v) is 5.48. The lowest BCUT2D eigenvalue weighted by atomic mass is 10.1. The van der Waals surface area contributed by atoms with Crippen molar-refractivity contribution in [3.63, 3.8) is 0 Å². The SMILES string of the molecule is COC(=O)c1cccc(OC)c1N(C)C(=O)c1cccc(CN2C(=O)CSC2=O)c1. The first kappa shape index (κ1) is 21.4. The Kier molecular flexibility index (Phi) is 6.41. The summed E-state index contributed by atoms with van der Waals surface area (Å²) in [4.78, 5) is 51.5. The highest BCUT2D eigenvalue weighted by Gasteiger charge is 2.30. The van der Waals surface area contributed by atoms with Crippen LogP contribution in [0.15, 0.2) is 42.5 Å². The van der Waals surface area contributed by atoms with Crippen molar-refractivity contribution in [2.45, 2.75) is 6.54 Å². The number of carbonyl (C=O) groups excluding carboxylic acids is 4. The molecule has 3 rings (SSSR count). The van der Waals surface area contributed by atoms with Crippen molar-refractivity contribution in [2.24, 2.45) is 0 Å². The van der Waals surface area contributed by atoms with Crippen molar-refractivity contribution in [3.05, 3.63) is 59.2 Å². The fourth-order valence-corrected chi connectivity index (χ4v) is 3.85. The summed E-state index contributed by atoms with van der Waals surface area (Å²) < 4.78 is 10.2. The number of thioether (sulfide) groups is 1. The molecule has 1 aliphatic heterocycles. The van der Waals surface area contributed by atoms with E-state index >= 15 is 0 Å². The maximum Gasteiger partial charge on any atom is 0.340 e. The van der Waals surface area contributed by atoms with Gasteiger partial charge in [0.05, 0.1) is 32.1 Å². The number of hydrogen-bond acceptors (Lipinski definition) is 7. The summed E-state index contributed by atoms with van der Waals surface area (Å²) in [6.45, 7) is 0.0948. The molecular formula is C21H20N2O6S. The molecule has 2 aromatic carbocycles. The van der Waals surface area contributed by atoms with Gasteiger partial charge in [0.1, 0.15) is 11.4 Å². The molecule has 2 aromatic rings. The van der Waals surface area contributed by atoms with E-state index in [9.17, 15) is 19.2 Å². The molecule has 8 nitrogen and oxygen atoms in total. The first-order valence-electron chi connectivity index (χ1n) is 8.96. The third-order valence-electron chi connectivity index (χ3n) is 4.62. The maximum atomic E-state index is 13.2. The molecule has 9 heteroatoms. The Bertz CT molecular complexity index is 1010. The van der Waals surface area contributed by atoms with Crippen LogP contribution in [-0.2, 0) is 16.1 Å². The number of amides is 3. The lowest BCUT2D eigenvalue weighted by Crippen LogP contribution is -2.30. The zero-order chi connectivity index (χ0) is 21.8. The normalized spacial score (nSPS) is 13.4. The number of carbonyl (C=O) groups is 4. The van der Waals surface area contributed by atoms with Crippen molar-refractivity contribution in [1.82, 2.24) is 4.90 Å². The van der Waals surface area contributed by atoms with Crippen LogP contribution in [0.5, 0.6) is 5.75 Å². The molecule has 0 radical (unpaired) electrons. The van der Waals surface area contributed by atoms with Gasteiger partial charge in [-0.05, 0) is 29.8 Å². The Balaban J connectivity index is 1.91. The van der Waals surface area contributed by atoms with E-state index in [1.165, 1.54) is 26.2 Å². The second-order valence-electron chi connectivity index (χ2n) is 6.45. The minimum atomic E-state index is -0.596. The lowest BCUT2D eigenvalue weighted by molar-refractivity contribution is -0.125. The largest absolute Gasteiger partial charge is 0.495 e. The number of rotatable bonds is 6. The molecule has 0 unspecified atom stereocenters. The van der Waals surface area contributed by atoms with Crippen molar-refractivity contribution in [3.8, 4) is 5.75 Å². The van der Waals surface area contributed by atoms with E-state index in [0.717, 1.165) is 16.7 Å². The highest BCUT2D eigenvalue weighted by Crippen LogP contribution is 2.33. The molecule has 3 amide bonds. The number of hydrogen-bond donors (Lipinski definition) is 0. The topological polar surface area (TPSA) is 93.2 Å². The average molecular weight is 428 g/mol. The van der Waals surface area contributed by atoms with Crippen LogP contribution >= 0.6 is 11.8 Å². The Labute approximate surface area is 177 Å². The smallest absolute Gasteiger partial charge is 0.340 e. The van der Waals surface area contributed by atoms with E-state index in [1.54, 1.807) is 42.5 Å². The van der Waals surface area contributed by atoms with Crippen LogP contribution in [0.2, 0.25) is 0 Å². The van der Waals surface area contributed by atoms with Gasteiger partial charge in [-0.3, -0.25) is 19.3 Å². The summed E-state index contributed by atoms with van der Waals surface area (Å²) >= 11 is 0.961. The van der Waals surface area contributed by atoms with Gasteiger partial charge in [0.2, 0.25) is 5.91 Å². The molecule has 0 N–H and O–H groups in total. The minimum absolute atomic E-state index is 0.0948. The molecule has 0 aromatic heterocycles. The molecule has 0 aliphatic carbocycles. The van der Waals surface area contributed by atoms with Crippen LogP contribution in [0.25, 0.3) is 0 Å². The number of nitrogens with zero attached hydrogens (tertiary/aromatic N) is 2. The van der Waals surface area contributed by atoms with E-state index in [1.807, 2.05) is 0 Å². The fourth-order valence-electron chi connectivity index (χ4n) is 3.12. The highest BCUT2D eigenvalue weighted by molar-refractivity contribution is 8.14. The van der Waals surface area contributed by atoms with Gasteiger partial charge in [-0.15, -0.1) is 0 Å². The summed E-state index contributed by atoms with van der Waals surface area (Å²) in [5.74, 6) is -0.767. The Morgan fingerprint density at radius 1 is 1.13 bits per heavy atom. The molecule has 0 saturated carbocycles. The first-order valence-corrected chi connectivity index (χ1v) is 9.95.